The van der Waals surface area contributed by atoms with Crippen molar-refractivity contribution in [3.63, 3.8) is 0 Å². The summed E-state index contributed by atoms with van der Waals surface area (Å²) in [6.07, 6.45) is 3.05. The highest BCUT2D eigenvalue weighted by Crippen LogP contribution is 2.24. The summed E-state index contributed by atoms with van der Waals surface area (Å²) in [4.78, 5) is 12.0. The van der Waals surface area contributed by atoms with E-state index < -0.39 is 0 Å². The normalized spacial score (nSPS) is 10.6. The Balaban J connectivity index is 1.72. The van der Waals surface area contributed by atoms with Gasteiger partial charge in [0.25, 0.3) is 5.91 Å². The van der Waals surface area contributed by atoms with Gasteiger partial charge in [-0.25, -0.2) is 4.68 Å². The Bertz CT molecular complexity index is 799. The standard InChI is InChI=1S/C14H10Cl2N4O2/c15-11-4-3-9(6-12(11)16)20-8-13(18-19-20)14(21)17-7-10-2-1-5-22-10/h1-6,8H,7H2,(H,17,21). The van der Waals surface area contributed by atoms with Crippen LogP contribution in [0.25, 0.3) is 5.69 Å². The molecule has 112 valence electrons. The molecule has 0 atom stereocenters. The number of aromatic nitrogens is 3. The second kappa shape index (κ2) is 6.21. The molecule has 0 bridgehead atoms. The van der Waals surface area contributed by atoms with Crippen LogP contribution in [-0.4, -0.2) is 20.9 Å². The monoisotopic (exact) mass is 336 g/mol. The zero-order valence-corrected chi connectivity index (χ0v) is 12.7. The number of hydrogen-bond donors (Lipinski definition) is 1. The largest absolute Gasteiger partial charge is 0.467 e. The zero-order valence-electron chi connectivity index (χ0n) is 11.2. The van der Waals surface area contributed by atoms with Crippen LogP contribution in [0.15, 0.2) is 47.2 Å². The van der Waals surface area contributed by atoms with Crippen molar-refractivity contribution in [2.24, 2.45) is 0 Å². The third-order valence-corrected chi connectivity index (χ3v) is 3.64. The van der Waals surface area contributed by atoms with E-state index in [2.05, 4.69) is 15.6 Å². The number of carbonyl (C=O) groups excluding carboxylic acids is 1. The fourth-order valence-corrected chi connectivity index (χ4v) is 2.09. The number of nitrogens with zero attached hydrogens (tertiary/aromatic N) is 3. The van der Waals surface area contributed by atoms with Crippen molar-refractivity contribution in [1.82, 2.24) is 20.3 Å². The van der Waals surface area contributed by atoms with Gasteiger partial charge in [-0.3, -0.25) is 4.79 Å². The summed E-state index contributed by atoms with van der Waals surface area (Å²) in [5.74, 6) is 0.313. The first-order chi connectivity index (χ1) is 10.6. The maximum absolute atomic E-state index is 12.0. The minimum Gasteiger partial charge on any atom is -0.467 e. The highest BCUT2D eigenvalue weighted by atomic mass is 35.5. The van der Waals surface area contributed by atoms with Gasteiger partial charge in [-0.15, -0.1) is 5.10 Å². The molecule has 8 heteroatoms. The second-order valence-electron chi connectivity index (χ2n) is 4.41. The van der Waals surface area contributed by atoms with Crippen LogP contribution in [0, 0.1) is 0 Å². The first-order valence-corrected chi connectivity index (χ1v) is 7.07. The lowest BCUT2D eigenvalue weighted by Crippen LogP contribution is -2.22. The molecule has 1 aromatic carbocycles. The number of carbonyl (C=O) groups is 1. The molecule has 2 heterocycles. The van der Waals surface area contributed by atoms with Gasteiger partial charge in [0.1, 0.15) is 5.76 Å². The number of rotatable bonds is 4. The van der Waals surface area contributed by atoms with Gasteiger partial charge >= 0.3 is 0 Å². The van der Waals surface area contributed by atoms with Crippen LogP contribution in [0.1, 0.15) is 16.2 Å². The molecular formula is C14H10Cl2N4O2. The van der Waals surface area contributed by atoms with Gasteiger partial charge < -0.3 is 9.73 Å². The van der Waals surface area contributed by atoms with Crippen LogP contribution in [0.2, 0.25) is 10.0 Å². The summed E-state index contributed by atoms with van der Waals surface area (Å²) in [5.41, 5.74) is 0.851. The lowest BCUT2D eigenvalue weighted by molar-refractivity contribution is 0.0943. The molecule has 0 aliphatic carbocycles. The summed E-state index contributed by atoms with van der Waals surface area (Å²) in [6.45, 7) is 0.283. The van der Waals surface area contributed by atoms with E-state index in [0.717, 1.165) is 0 Å². The Morgan fingerprint density at radius 1 is 1.27 bits per heavy atom. The summed E-state index contributed by atoms with van der Waals surface area (Å²) in [6, 6.07) is 8.54. The van der Waals surface area contributed by atoms with Gasteiger partial charge in [0.05, 0.1) is 34.7 Å². The van der Waals surface area contributed by atoms with Crippen molar-refractivity contribution in [3.8, 4) is 5.69 Å². The van der Waals surface area contributed by atoms with Crippen molar-refractivity contribution in [1.29, 1.82) is 0 Å². The molecule has 0 aliphatic rings. The Morgan fingerprint density at radius 3 is 2.86 bits per heavy atom. The lowest BCUT2D eigenvalue weighted by Gasteiger charge is -2.01. The minimum atomic E-state index is -0.345. The van der Waals surface area contributed by atoms with Gasteiger partial charge in [0, 0.05) is 0 Å². The zero-order chi connectivity index (χ0) is 15.5. The topological polar surface area (TPSA) is 73.0 Å². The summed E-state index contributed by atoms with van der Waals surface area (Å²) >= 11 is 11.8. The second-order valence-corrected chi connectivity index (χ2v) is 5.22. The molecule has 0 spiro atoms. The van der Waals surface area contributed by atoms with Crippen molar-refractivity contribution in [2.75, 3.05) is 0 Å². The summed E-state index contributed by atoms with van der Waals surface area (Å²) in [5, 5.41) is 11.3. The van der Waals surface area contributed by atoms with Gasteiger partial charge in [-0.1, -0.05) is 28.4 Å². The SMILES string of the molecule is O=C(NCc1ccco1)c1cn(-c2ccc(Cl)c(Cl)c2)nn1. The highest BCUT2D eigenvalue weighted by molar-refractivity contribution is 6.42. The van der Waals surface area contributed by atoms with Crippen LogP contribution in [0.4, 0.5) is 0 Å². The summed E-state index contributed by atoms with van der Waals surface area (Å²) < 4.78 is 6.58. The Morgan fingerprint density at radius 2 is 2.14 bits per heavy atom. The van der Waals surface area contributed by atoms with Gasteiger partial charge in [-0.2, -0.15) is 0 Å². The van der Waals surface area contributed by atoms with E-state index in [4.69, 9.17) is 27.6 Å². The first kappa shape index (κ1) is 14.6. The van der Waals surface area contributed by atoms with Gasteiger partial charge in [-0.05, 0) is 30.3 Å². The average Bonchev–Trinajstić information content (AvgIpc) is 3.18. The lowest BCUT2D eigenvalue weighted by atomic mass is 10.3. The predicted molar refractivity (Wildman–Crippen MR) is 81.3 cm³/mol. The fraction of sp³-hybridized carbons (Fsp3) is 0.0714. The third kappa shape index (κ3) is 3.13. The van der Waals surface area contributed by atoms with E-state index in [1.54, 1.807) is 36.6 Å². The molecule has 0 unspecified atom stereocenters. The molecule has 1 N–H and O–H groups in total. The molecule has 22 heavy (non-hydrogen) atoms. The number of hydrogen-bond acceptors (Lipinski definition) is 4. The molecule has 0 aliphatic heterocycles. The number of halogens is 2. The van der Waals surface area contributed by atoms with Crippen LogP contribution < -0.4 is 5.32 Å². The number of amides is 1. The van der Waals surface area contributed by atoms with Crippen LogP contribution >= 0.6 is 23.2 Å². The minimum absolute atomic E-state index is 0.192. The predicted octanol–water partition coefficient (Wildman–Crippen LogP) is 3.10. The highest BCUT2D eigenvalue weighted by Gasteiger charge is 2.12. The number of furan rings is 1. The quantitative estimate of drug-likeness (QED) is 0.794. The Hall–Kier alpha value is -2.31. The van der Waals surface area contributed by atoms with Gasteiger partial charge in [0.15, 0.2) is 5.69 Å². The molecule has 2 aromatic heterocycles. The average molecular weight is 337 g/mol. The van der Waals surface area contributed by atoms with Crippen LogP contribution in [-0.2, 0) is 6.54 Å². The molecule has 1 amide bonds. The Labute approximate surface area is 135 Å². The van der Waals surface area contributed by atoms with E-state index in [1.165, 1.54) is 10.9 Å². The molecule has 0 saturated heterocycles. The van der Waals surface area contributed by atoms with Gasteiger partial charge in [0.2, 0.25) is 0 Å². The molecular weight excluding hydrogens is 327 g/mol. The third-order valence-electron chi connectivity index (χ3n) is 2.90. The van der Waals surface area contributed by atoms with Crippen molar-refractivity contribution >= 4 is 29.1 Å². The van der Waals surface area contributed by atoms with Crippen molar-refractivity contribution < 1.29 is 9.21 Å². The number of benzene rings is 1. The molecule has 0 radical (unpaired) electrons. The van der Waals surface area contributed by atoms with E-state index in [0.29, 0.717) is 21.5 Å². The smallest absolute Gasteiger partial charge is 0.273 e. The Kier molecular flexibility index (Phi) is 4.13. The van der Waals surface area contributed by atoms with Crippen molar-refractivity contribution in [2.45, 2.75) is 6.54 Å². The van der Waals surface area contributed by atoms with E-state index in [9.17, 15) is 4.79 Å². The van der Waals surface area contributed by atoms with Crippen LogP contribution in [0.3, 0.4) is 0 Å². The number of nitrogens with one attached hydrogen (secondary N) is 1. The summed E-state index contributed by atoms with van der Waals surface area (Å²) in [7, 11) is 0. The molecule has 0 saturated carbocycles. The van der Waals surface area contributed by atoms with E-state index in [-0.39, 0.29) is 18.1 Å². The molecule has 0 fully saturated rings. The van der Waals surface area contributed by atoms with E-state index in [1.807, 2.05) is 0 Å². The molecule has 3 rings (SSSR count). The first-order valence-electron chi connectivity index (χ1n) is 6.32. The molecule has 3 aromatic rings. The fourth-order valence-electron chi connectivity index (χ4n) is 1.79. The van der Waals surface area contributed by atoms with E-state index >= 15 is 0 Å². The maximum atomic E-state index is 12.0. The maximum Gasteiger partial charge on any atom is 0.273 e. The molecule has 6 nitrogen and oxygen atoms in total. The van der Waals surface area contributed by atoms with Crippen molar-refractivity contribution in [3.05, 3.63) is 64.3 Å². The van der Waals surface area contributed by atoms with Crippen LogP contribution in [0.5, 0.6) is 0 Å².